The third-order valence-electron chi connectivity index (χ3n) is 3.04. The minimum absolute atomic E-state index is 0.00533. The van der Waals surface area contributed by atoms with Crippen molar-refractivity contribution >= 4 is 11.9 Å². The predicted molar refractivity (Wildman–Crippen MR) is 77.8 cm³/mol. The lowest BCUT2D eigenvalue weighted by Gasteiger charge is -2.12. The minimum atomic E-state index is -1.15. The zero-order valence-corrected chi connectivity index (χ0v) is 12.1. The SMILES string of the molecule is COC(=O)c1ccc(C(=O)N[C@H](C#N)c2ccccc2F)nc1. The normalized spacial score (nSPS) is 11.2. The van der Waals surface area contributed by atoms with E-state index >= 15 is 0 Å². The molecule has 1 atom stereocenters. The first-order valence-electron chi connectivity index (χ1n) is 6.56. The number of esters is 1. The molecule has 2 rings (SSSR count). The van der Waals surface area contributed by atoms with Crippen LogP contribution in [0.25, 0.3) is 0 Å². The van der Waals surface area contributed by atoms with Gasteiger partial charge in [0.15, 0.2) is 0 Å². The summed E-state index contributed by atoms with van der Waals surface area (Å²) in [4.78, 5) is 27.2. The molecule has 0 aliphatic heterocycles. The van der Waals surface area contributed by atoms with Crippen molar-refractivity contribution in [3.63, 3.8) is 0 Å². The van der Waals surface area contributed by atoms with E-state index in [9.17, 15) is 14.0 Å². The highest BCUT2D eigenvalue weighted by molar-refractivity contribution is 5.94. The van der Waals surface area contributed by atoms with Crippen molar-refractivity contribution in [2.75, 3.05) is 7.11 Å². The van der Waals surface area contributed by atoms with Crippen LogP contribution in [0.4, 0.5) is 4.39 Å². The maximum absolute atomic E-state index is 13.7. The number of halogens is 1. The Balaban J connectivity index is 2.16. The number of amides is 1. The van der Waals surface area contributed by atoms with Crippen LogP contribution in [0.15, 0.2) is 42.6 Å². The Bertz CT molecular complexity index is 769. The third-order valence-corrected chi connectivity index (χ3v) is 3.04. The molecule has 0 radical (unpaired) electrons. The van der Waals surface area contributed by atoms with Crippen LogP contribution < -0.4 is 5.32 Å². The van der Waals surface area contributed by atoms with Crippen LogP contribution in [0.3, 0.4) is 0 Å². The van der Waals surface area contributed by atoms with Gasteiger partial charge in [0, 0.05) is 11.8 Å². The number of nitriles is 1. The highest BCUT2D eigenvalue weighted by Gasteiger charge is 2.19. The summed E-state index contributed by atoms with van der Waals surface area (Å²) in [5.74, 6) is -1.82. The van der Waals surface area contributed by atoms with Crippen LogP contribution >= 0.6 is 0 Å². The van der Waals surface area contributed by atoms with Crippen LogP contribution in [0.2, 0.25) is 0 Å². The molecule has 0 unspecified atom stereocenters. The number of hydrogen-bond donors (Lipinski definition) is 1. The number of rotatable bonds is 4. The molecule has 0 fully saturated rings. The van der Waals surface area contributed by atoms with Crippen molar-refractivity contribution in [2.45, 2.75) is 6.04 Å². The fraction of sp³-hybridized carbons (Fsp3) is 0.125. The molecule has 1 N–H and O–H groups in total. The molecule has 2 aromatic rings. The molecular formula is C16H12FN3O3. The number of ether oxygens (including phenoxy) is 1. The largest absolute Gasteiger partial charge is 0.465 e. The summed E-state index contributed by atoms with van der Waals surface area (Å²) in [6.45, 7) is 0. The van der Waals surface area contributed by atoms with Crippen molar-refractivity contribution in [1.29, 1.82) is 5.26 Å². The van der Waals surface area contributed by atoms with E-state index in [4.69, 9.17) is 5.26 Å². The lowest BCUT2D eigenvalue weighted by Crippen LogP contribution is -2.29. The first-order valence-corrected chi connectivity index (χ1v) is 6.56. The molecule has 6 nitrogen and oxygen atoms in total. The smallest absolute Gasteiger partial charge is 0.339 e. The molecule has 1 aromatic heterocycles. The van der Waals surface area contributed by atoms with E-state index in [1.54, 1.807) is 6.07 Å². The third kappa shape index (κ3) is 3.68. The van der Waals surface area contributed by atoms with Gasteiger partial charge in [-0.05, 0) is 18.2 Å². The number of carbonyl (C=O) groups is 2. The molecule has 7 heteroatoms. The molecule has 0 aliphatic rings. The maximum Gasteiger partial charge on any atom is 0.339 e. The van der Waals surface area contributed by atoms with Gasteiger partial charge in [0.1, 0.15) is 17.6 Å². The van der Waals surface area contributed by atoms with E-state index < -0.39 is 23.7 Å². The van der Waals surface area contributed by atoms with E-state index in [0.717, 1.165) is 0 Å². The lowest BCUT2D eigenvalue weighted by molar-refractivity contribution is 0.0599. The van der Waals surface area contributed by atoms with Crippen molar-refractivity contribution in [2.24, 2.45) is 0 Å². The summed E-state index contributed by atoms with van der Waals surface area (Å²) in [6.07, 6.45) is 1.19. The van der Waals surface area contributed by atoms with Gasteiger partial charge in [-0.25, -0.2) is 9.18 Å². The number of nitrogens with one attached hydrogen (secondary N) is 1. The first-order chi connectivity index (χ1) is 11.1. The molecule has 116 valence electrons. The van der Waals surface area contributed by atoms with E-state index in [1.165, 1.54) is 43.6 Å². The summed E-state index contributed by atoms with van der Waals surface area (Å²) >= 11 is 0. The zero-order valence-electron chi connectivity index (χ0n) is 12.1. The van der Waals surface area contributed by atoms with Gasteiger partial charge in [-0.15, -0.1) is 0 Å². The average molecular weight is 313 g/mol. The fourth-order valence-electron chi connectivity index (χ4n) is 1.86. The van der Waals surface area contributed by atoms with Gasteiger partial charge in [0.05, 0.1) is 18.7 Å². The van der Waals surface area contributed by atoms with Crippen molar-refractivity contribution in [3.05, 3.63) is 65.2 Å². The number of pyridine rings is 1. The molecule has 0 saturated heterocycles. The highest BCUT2D eigenvalue weighted by Crippen LogP contribution is 2.16. The molecular weight excluding hydrogens is 301 g/mol. The topological polar surface area (TPSA) is 92.1 Å². The first kappa shape index (κ1) is 16.1. The van der Waals surface area contributed by atoms with Crippen LogP contribution in [0.5, 0.6) is 0 Å². The molecule has 0 aliphatic carbocycles. The van der Waals surface area contributed by atoms with E-state index in [2.05, 4.69) is 15.0 Å². The van der Waals surface area contributed by atoms with Gasteiger partial charge in [-0.2, -0.15) is 5.26 Å². The quantitative estimate of drug-likeness (QED) is 0.872. The van der Waals surface area contributed by atoms with Gasteiger partial charge < -0.3 is 10.1 Å². The van der Waals surface area contributed by atoms with Gasteiger partial charge in [0.25, 0.3) is 5.91 Å². The molecule has 0 bridgehead atoms. The highest BCUT2D eigenvalue weighted by atomic mass is 19.1. The van der Waals surface area contributed by atoms with Crippen molar-refractivity contribution in [1.82, 2.24) is 10.3 Å². The van der Waals surface area contributed by atoms with E-state index in [0.29, 0.717) is 0 Å². The van der Waals surface area contributed by atoms with E-state index in [1.807, 2.05) is 6.07 Å². The van der Waals surface area contributed by atoms with Crippen LogP contribution in [0, 0.1) is 17.1 Å². The monoisotopic (exact) mass is 313 g/mol. The number of aromatic nitrogens is 1. The summed E-state index contributed by atoms with van der Waals surface area (Å²) in [7, 11) is 1.23. The van der Waals surface area contributed by atoms with E-state index in [-0.39, 0.29) is 16.8 Å². The van der Waals surface area contributed by atoms with Crippen LogP contribution in [0.1, 0.15) is 32.5 Å². The summed E-state index contributed by atoms with van der Waals surface area (Å²) in [5.41, 5.74) is 0.249. The number of methoxy groups -OCH3 is 1. The summed E-state index contributed by atoms with van der Waals surface area (Å²) in [6, 6.07) is 9.04. The van der Waals surface area contributed by atoms with Crippen LogP contribution in [-0.4, -0.2) is 24.0 Å². The Labute approximate surface area is 131 Å². The van der Waals surface area contributed by atoms with Crippen LogP contribution in [-0.2, 0) is 4.74 Å². The minimum Gasteiger partial charge on any atom is -0.465 e. The maximum atomic E-state index is 13.7. The van der Waals surface area contributed by atoms with Gasteiger partial charge in [-0.3, -0.25) is 9.78 Å². The zero-order chi connectivity index (χ0) is 16.8. The molecule has 1 amide bonds. The molecule has 1 aromatic carbocycles. The molecule has 23 heavy (non-hydrogen) atoms. The van der Waals surface area contributed by atoms with Gasteiger partial charge >= 0.3 is 5.97 Å². The van der Waals surface area contributed by atoms with Gasteiger partial charge in [-0.1, -0.05) is 18.2 Å². The predicted octanol–water partition coefficient (Wildman–Crippen LogP) is 2.00. The summed E-state index contributed by atoms with van der Waals surface area (Å²) < 4.78 is 18.2. The number of hydrogen-bond acceptors (Lipinski definition) is 5. The van der Waals surface area contributed by atoms with Gasteiger partial charge in [0.2, 0.25) is 0 Å². The standard InChI is InChI=1S/C16H12FN3O3/c1-23-16(22)10-6-7-13(19-9-10)15(21)20-14(8-18)11-4-2-3-5-12(11)17/h2-7,9,14H,1H3,(H,20,21)/t14-/m1/s1. The Hall–Kier alpha value is -3.27. The Morgan fingerprint density at radius 1 is 1.30 bits per heavy atom. The fourth-order valence-corrected chi connectivity index (χ4v) is 1.86. The second-order valence-corrected chi connectivity index (χ2v) is 4.48. The Morgan fingerprint density at radius 2 is 2.04 bits per heavy atom. The Kier molecular flexibility index (Phi) is 5.00. The Morgan fingerprint density at radius 3 is 2.61 bits per heavy atom. The second-order valence-electron chi connectivity index (χ2n) is 4.48. The number of nitrogens with zero attached hydrogens (tertiary/aromatic N) is 2. The number of carbonyl (C=O) groups excluding carboxylic acids is 2. The second kappa shape index (κ2) is 7.13. The van der Waals surface area contributed by atoms with Crippen molar-refractivity contribution < 1.29 is 18.7 Å². The molecule has 0 saturated carbocycles. The number of benzene rings is 1. The molecule has 1 heterocycles. The lowest BCUT2D eigenvalue weighted by atomic mass is 10.1. The van der Waals surface area contributed by atoms with Crippen molar-refractivity contribution in [3.8, 4) is 6.07 Å². The average Bonchev–Trinajstić information content (AvgIpc) is 2.59. The molecule has 0 spiro atoms. The summed E-state index contributed by atoms with van der Waals surface area (Å²) in [5, 5.41) is 11.5.